The van der Waals surface area contributed by atoms with Crippen molar-refractivity contribution in [3.63, 3.8) is 0 Å². The maximum absolute atomic E-state index is 12.7. The van der Waals surface area contributed by atoms with Crippen molar-refractivity contribution in [1.29, 1.82) is 0 Å². The first-order chi connectivity index (χ1) is 16.5. The summed E-state index contributed by atoms with van der Waals surface area (Å²) < 4.78 is 5.94. The molecule has 0 saturated carbocycles. The molecule has 182 valence electrons. The summed E-state index contributed by atoms with van der Waals surface area (Å²) in [6.45, 7) is 5.66. The SMILES string of the molecule is Cc1c(CN(C)C(=O)/C=C/c2cnc3[nH]c(=O)c(N4CCNCC4)cc3c2)oc2ccccc12.Cl. The summed E-state index contributed by atoms with van der Waals surface area (Å²) in [4.78, 5) is 36.2. The zero-order valence-corrected chi connectivity index (χ0v) is 20.5. The van der Waals surface area contributed by atoms with Crippen molar-refractivity contribution >= 4 is 52.1 Å². The lowest BCUT2D eigenvalue weighted by Gasteiger charge is -2.28. The fraction of sp³-hybridized carbons (Fsp3) is 0.269. The van der Waals surface area contributed by atoms with Gasteiger partial charge in [-0.3, -0.25) is 9.59 Å². The molecule has 1 fully saturated rings. The predicted octanol–water partition coefficient (Wildman–Crippen LogP) is 3.48. The van der Waals surface area contributed by atoms with E-state index in [1.54, 1.807) is 24.2 Å². The largest absolute Gasteiger partial charge is 0.459 e. The van der Waals surface area contributed by atoms with Crippen LogP contribution in [-0.2, 0) is 11.3 Å². The number of hydrogen-bond acceptors (Lipinski definition) is 6. The van der Waals surface area contributed by atoms with Crippen LogP contribution in [-0.4, -0.2) is 54.0 Å². The van der Waals surface area contributed by atoms with Crippen molar-refractivity contribution in [3.8, 4) is 0 Å². The second-order valence-corrected chi connectivity index (χ2v) is 8.60. The molecule has 0 unspecified atom stereocenters. The molecule has 4 aromatic rings. The molecule has 0 aliphatic carbocycles. The molecule has 0 radical (unpaired) electrons. The van der Waals surface area contributed by atoms with Crippen LogP contribution in [0.2, 0.25) is 0 Å². The summed E-state index contributed by atoms with van der Waals surface area (Å²) >= 11 is 0. The number of nitrogens with one attached hydrogen (secondary N) is 2. The van der Waals surface area contributed by atoms with Crippen molar-refractivity contribution in [2.45, 2.75) is 13.5 Å². The van der Waals surface area contributed by atoms with Gasteiger partial charge in [0.2, 0.25) is 5.91 Å². The topological polar surface area (TPSA) is 94.5 Å². The van der Waals surface area contributed by atoms with Crippen LogP contribution in [0.15, 0.2) is 57.9 Å². The number of amides is 1. The number of nitrogens with zero attached hydrogens (tertiary/aromatic N) is 3. The number of fused-ring (bicyclic) bond motifs is 2. The van der Waals surface area contributed by atoms with Crippen molar-refractivity contribution < 1.29 is 9.21 Å². The van der Waals surface area contributed by atoms with Gasteiger partial charge in [-0.05, 0) is 36.8 Å². The van der Waals surface area contributed by atoms with Crippen LogP contribution >= 0.6 is 12.4 Å². The maximum Gasteiger partial charge on any atom is 0.273 e. The normalized spacial score (nSPS) is 13.9. The van der Waals surface area contributed by atoms with Gasteiger partial charge < -0.3 is 24.5 Å². The molecule has 1 amide bonds. The molecule has 2 N–H and O–H groups in total. The lowest BCUT2D eigenvalue weighted by molar-refractivity contribution is -0.125. The number of carbonyl (C=O) groups is 1. The van der Waals surface area contributed by atoms with E-state index in [1.165, 1.54) is 6.08 Å². The number of rotatable bonds is 5. The van der Waals surface area contributed by atoms with Crippen LogP contribution in [0.3, 0.4) is 0 Å². The molecule has 0 atom stereocenters. The van der Waals surface area contributed by atoms with Crippen molar-refractivity contribution in [3.05, 3.63) is 75.9 Å². The molecule has 0 spiro atoms. The number of aromatic nitrogens is 2. The number of furan rings is 1. The third-order valence-corrected chi connectivity index (χ3v) is 6.27. The molecule has 8 nitrogen and oxygen atoms in total. The van der Waals surface area contributed by atoms with E-state index in [1.807, 2.05) is 43.3 Å². The molecule has 9 heteroatoms. The summed E-state index contributed by atoms with van der Waals surface area (Å²) in [6.07, 6.45) is 4.92. The second kappa shape index (κ2) is 10.3. The summed E-state index contributed by atoms with van der Waals surface area (Å²) in [5.74, 6) is 0.644. The smallest absolute Gasteiger partial charge is 0.273 e. The first-order valence-electron chi connectivity index (χ1n) is 11.4. The Balaban J connectivity index is 0.00000289. The number of likely N-dealkylation sites (N-methyl/N-ethyl adjacent to an activating group) is 1. The zero-order valence-electron chi connectivity index (χ0n) is 19.7. The molecule has 0 bridgehead atoms. The molecule has 1 saturated heterocycles. The van der Waals surface area contributed by atoms with Crippen LogP contribution in [0, 0.1) is 6.92 Å². The number of pyridine rings is 2. The van der Waals surface area contributed by atoms with Crippen molar-refractivity contribution in [2.24, 2.45) is 0 Å². The van der Waals surface area contributed by atoms with E-state index < -0.39 is 0 Å². The minimum Gasteiger partial charge on any atom is -0.459 e. The molecule has 5 rings (SSSR count). The van der Waals surface area contributed by atoms with Crippen molar-refractivity contribution in [1.82, 2.24) is 20.2 Å². The number of aryl methyl sites for hydroxylation is 1. The highest BCUT2D eigenvalue weighted by atomic mass is 35.5. The number of para-hydroxylation sites is 1. The minimum atomic E-state index is -0.136. The fourth-order valence-corrected chi connectivity index (χ4v) is 4.29. The standard InChI is InChI=1S/C26H27N5O3.ClH/c1-17-20-5-3-4-6-22(20)34-23(17)16-30(2)24(32)8-7-18-13-19-14-21(31-11-9-27-10-12-31)26(33)29-25(19)28-15-18;/h3-8,13-15,27H,9-12,16H2,1-2H3,(H,28,29,33);1H/b8-7+;. The van der Waals surface area contributed by atoms with E-state index >= 15 is 0 Å². The van der Waals surface area contributed by atoms with Crippen LogP contribution in [0.1, 0.15) is 16.9 Å². The average Bonchev–Trinajstić information content (AvgIpc) is 3.17. The number of carbonyl (C=O) groups excluding carboxylic acids is 1. The van der Waals surface area contributed by atoms with Gasteiger partial charge in [0.05, 0.1) is 6.54 Å². The van der Waals surface area contributed by atoms with Gasteiger partial charge in [-0.2, -0.15) is 0 Å². The first kappa shape index (κ1) is 24.5. The van der Waals surface area contributed by atoms with E-state index in [2.05, 4.69) is 20.2 Å². The number of hydrogen-bond donors (Lipinski definition) is 2. The van der Waals surface area contributed by atoms with Crippen LogP contribution in [0.25, 0.3) is 28.1 Å². The minimum absolute atomic E-state index is 0. The van der Waals surface area contributed by atoms with Crippen LogP contribution in [0.4, 0.5) is 5.69 Å². The number of aromatic amines is 1. The Morgan fingerprint density at radius 1 is 1.23 bits per heavy atom. The van der Waals surface area contributed by atoms with Gasteiger partial charge in [-0.25, -0.2) is 4.98 Å². The average molecular weight is 494 g/mol. The Hall–Kier alpha value is -3.62. The molecule has 1 aliphatic rings. The van der Waals surface area contributed by atoms with E-state index in [0.717, 1.165) is 59.4 Å². The van der Waals surface area contributed by atoms with Gasteiger partial charge in [0.15, 0.2) is 0 Å². The highest BCUT2D eigenvalue weighted by Gasteiger charge is 2.16. The quantitative estimate of drug-likeness (QED) is 0.413. The highest BCUT2D eigenvalue weighted by molar-refractivity contribution is 5.92. The lowest BCUT2D eigenvalue weighted by Crippen LogP contribution is -2.45. The molecule has 1 aromatic carbocycles. The van der Waals surface area contributed by atoms with E-state index in [9.17, 15) is 9.59 Å². The Bertz CT molecular complexity index is 1450. The lowest BCUT2D eigenvalue weighted by atomic mass is 10.1. The molecule has 4 heterocycles. The van der Waals surface area contributed by atoms with Gasteiger partial charge in [0.25, 0.3) is 5.56 Å². The third kappa shape index (κ3) is 5.08. The Morgan fingerprint density at radius 2 is 2.00 bits per heavy atom. The van der Waals surface area contributed by atoms with Crippen molar-refractivity contribution in [2.75, 3.05) is 38.1 Å². The summed E-state index contributed by atoms with van der Waals surface area (Å²) in [7, 11) is 1.75. The van der Waals surface area contributed by atoms with Gasteiger partial charge in [0.1, 0.15) is 22.7 Å². The van der Waals surface area contributed by atoms with Crippen LogP contribution in [0.5, 0.6) is 0 Å². The van der Waals surface area contributed by atoms with Gasteiger partial charge in [-0.15, -0.1) is 12.4 Å². The Morgan fingerprint density at radius 3 is 2.77 bits per heavy atom. The fourth-order valence-electron chi connectivity index (χ4n) is 4.29. The van der Waals surface area contributed by atoms with Gasteiger partial charge in [-0.1, -0.05) is 18.2 Å². The number of halogens is 1. The van der Waals surface area contributed by atoms with Gasteiger partial charge in [0, 0.05) is 61.8 Å². The van der Waals surface area contributed by atoms with Gasteiger partial charge >= 0.3 is 0 Å². The summed E-state index contributed by atoms with van der Waals surface area (Å²) in [6, 6.07) is 11.7. The number of benzene rings is 1. The number of anilines is 1. The first-order valence-corrected chi connectivity index (χ1v) is 11.4. The maximum atomic E-state index is 12.7. The summed E-state index contributed by atoms with van der Waals surface area (Å²) in [5, 5.41) is 5.19. The predicted molar refractivity (Wildman–Crippen MR) is 141 cm³/mol. The van der Waals surface area contributed by atoms with Crippen LogP contribution < -0.4 is 15.8 Å². The highest BCUT2D eigenvalue weighted by Crippen LogP contribution is 2.25. The number of piperazine rings is 1. The molecule has 1 aliphatic heterocycles. The molecular weight excluding hydrogens is 466 g/mol. The summed E-state index contributed by atoms with van der Waals surface area (Å²) in [5.41, 5.74) is 3.70. The molecule has 3 aromatic heterocycles. The van der Waals surface area contributed by atoms with E-state index in [0.29, 0.717) is 17.9 Å². The number of H-pyrrole nitrogens is 1. The monoisotopic (exact) mass is 493 g/mol. The molecular formula is C26H28ClN5O3. The van der Waals surface area contributed by atoms with E-state index in [4.69, 9.17) is 4.42 Å². The Labute approximate surface area is 209 Å². The second-order valence-electron chi connectivity index (χ2n) is 8.60. The Kier molecular flexibility index (Phi) is 7.23. The zero-order chi connectivity index (χ0) is 23.7. The third-order valence-electron chi connectivity index (χ3n) is 6.27. The van der Waals surface area contributed by atoms with E-state index in [-0.39, 0.29) is 23.9 Å². The molecule has 35 heavy (non-hydrogen) atoms.